The summed E-state index contributed by atoms with van der Waals surface area (Å²) in [6.45, 7) is 3.92. The van der Waals surface area contributed by atoms with E-state index in [-0.39, 0.29) is 0 Å². The predicted molar refractivity (Wildman–Crippen MR) is 68.7 cm³/mol. The van der Waals surface area contributed by atoms with Gasteiger partial charge in [-0.05, 0) is 38.6 Å². The maximum Gasteiger partial charge on any atom is 0.0244 e. The molecule has 0 amide bonds. The van der Waals surface area contributed by atoms with Gasteiger partial charge in [0.25, 0.3) is 0 Å². The van der Waals surface area contributed by atoms with Crippen LogP contribution in [0.15, 0.2) is 28.7 Å². The van der Waals surface area contributed by atoms with Crippen LogP contribution in [0, 0.1) is 0 Å². The minimum atomic E-state index is 0.530. The Balaban J connectivity index is 2.58. The first-order chi connectivity index (χ1) is 7.15. The largest absolute Gasteiger partial charge is 0.330 e. The zero-order valence-corrected chi connectivity index (χ0v) is 11.0. The fourth-order valence-corrected chi connectivity index (χ4v) is 1.92. The smallest absolute Gasteiger partial charge is 0.0244 e. The van der Waals surface area contributed by atoms with Gasteiger partial charge in [0.05, 0.1) is 0 Å². The molecule has 2 N–H and O–H groups in total. The SMILES string of the molecule is CC(CCN)N(C)Cc1ccccc1Br. The molecule has 0 bridgehead atoms. The summed E-state index contributed by atoms with van der Waals surface area (Å²) in [5, 5.41) is 0. The third-order valence-electron chi connectivity index (χ3n) is 2.71. The molecule has 0 spiro atoms. The van der Waals surface area contributed by atoms with Crippen molar-refractivity contribution < 1.29 is 0 Å². The molecule has 0 aliphatic heterocycles. The Morgan fingerprint density at radius 2 is 2.07 bits per heavy atom. The lowest BCUT2D eigenvalue weighted by molar-refractivity contribution is 0.240. The van der Waals surface area contributed by atoms with Crippen molar-refractivity contribution >= 4 is 15.9 Å². The molecular weight excluding hydrogens is 252 g/mol. The molecular formula is C12H19BrN2. The summed E-state index contributed by atoms with van der Waals surface area (Å²) in [7, 11) is 2.14. The summed E-state index contributed by atoms with van der Waals surface area (Å²) in [4.78, 5) is 2.33. The fourth-order valence-electron chi connectivity index (χ4n) is 1.51. The minimum Gasteiger partial charge on any atom is -0.330 e. The molecule has 1 rings (SSSR count). The summed E-state index contributed by atoms with van der Waals surface area (Å²) in [6.07, 6.45) is 1.04. The second-order valence-electron chi connectivity index (χ2n) is 3.93. The molecule has 0 aliphatic rings. The topological polar surface area (TPSA) is 29.3 Å². The van der Waals surface area contributed by atoms with Gasteiger partial charge in [-0.3, -0.25) is 4.90 Å². The molecule has 1 atom stereocenters. The summed E-state index contributed by atoms with van der Waals surface area (Å²) in [5.74, 6) is 0. The van der Waals surface area contributed by atoms with Gasteiger partial charge < -0.3 is 5.73 Å². The van der Waals surface area contributed by atoms with Gasteiger partial charge in [-0.15, -0.1) is 0 Å². The Hall–Kier alpha value is -0.380. The van der Waals surface area contributed by atoms with E-state index in [1.807, 2.05) is 6.07 Å². The third-order valence-corrected chi connectivity index (χ3v) is 3.49. The summed E-state index contributed by atoms with van der Waals surface area (Å²) < 4.78 is 1.18. The van der Waals surface area contributed by atoms with Crippen molar-refractivity contribution in [2.24, 2.45) is 5.73 Å². The van der Waals surface area contributed by atoms with Gasteiger partial charge in [0.2, 0.25) is 0 Å². The van der Waals surface area contributed by atoms with Crippen LogP contribution in [-0.2, 0) is 6.54 Å². The van der Waals surface area contributed by atoms with E-state index in [2.05, 4.69) is 53.0 Å². The highest BCUT2D eigenvalue weighted by molar-refractivity contribution is 9.10. The molecule has 0 radical (unpaired) electrons. The first-order valence-corrected chi connectivity index (χ1v) is 6.08. The molecule has 0 saturated heterocycles. The fraction of sp³-hybridized carbons (Fsp3) is 0.500. The normalized spacial score (nSPS) is 13.1. The third kappa shape index (κ3) is 3.93. The van der Waals surface area contributed by atoms with Gasteiger partial charge in [0, 0.05) is 17.1 Å². The molecule has 0 fully saturated rings. The molecule has 0 saturated carbocycles. The Bertz CT molecular complexity index is 301. The van der Waals surface area contributed by atoms with E-state index in [1.54, 1.807) is 0 Å². The van der Waals surface area contributed by atoms with Crippen molar-refractivity contribution in [1.29, 1.82) is 0 Å². The lowest BCUT2D eigenvalue weighted by Gasteiger charge is -2.24. The van der Waals surface area contributed by atoms with Gasteiger partial charge in [-0.1, -0.05) is 34.1 Å². The number of benzene rings is 1. The highest BCUT2D eigenvalue weighted by Gasteiger charge is 2.09. The van der Waals surface area contributed by atoms with Crippen molar-refractivity contribution in [3.63, 3.8) is 0 Å². The second-order valence-corrected chi connectivity index (χ2v) is 4.79. The standard InChI is InChI=1S/C12H19BrN2/c1-10(7-8-14)15(2)9-11-5-3-4-6-12(11)13/h3-6,10H,7-9,14H2,1-2H3. The Morgan fingerprint density at radius 3 is 2.67 bits per heavy atom. The van der Waals surface area contributed by atoms with Crippen LogP contribution < -0.4 is 5.73 Å². The highest BCUT2D eigenvalue weighted by atomic mass is 79.9. The quantitative estimate of drug-likeness (QED) is 0.892. The van der Waals surface area contributed by atoms with E-state index >= 15 is 0 Å². The maximum absolute atomic E-state index is 5.55. The Labute approximate surface area is 101 Å². The van der Waals surface area contributed by atoms with Crippen molar-refractivity contribution in [3.8, 4) is 0 Å². The predicted octanol–water partition coefficient (Wildman–Crippen LogP) is 2.62. The van der Waals surface area contributed by atoms with Crippen LogP contribution in [0.5, 0.6) is 0 Å². The van der Waals surface area contributed by atoms with Crippen LogP contribution in [0.4, 0.5) is 0 Å². The van der Waals surface area contributed by atoms with E-state index in [4.69, 9.17) is 5.73 Å². The summed E-state index contributed by atoms with van der Waals surface area (Å²) >= 11 is 3.56. The van der Waals surface area contributed by atoms with Crippen molar-refractivity contribution in [1.82, 2.24) is 4.90 Å². The maximum atomic E-state index is 5.55. The summed E-state index contributed by atoms with van der Waals surface area (Å²) in [5.41, 5.74) is 6.88. The van der Waals surface area contributed by atoms with Crippen LogP contribution >= 0.6 is 15.9 Å². The molecule has 0 aliphatic carbocycles. The monoisotopic (exact) mass is 270 g/mol. The molecule has 84 valence electrons. The van der Waals surface area contributed by atoms with Gasteiger partial charge >= 0.3 is 0 Å². The molecule has 1 aromatic rings. The number of rotatable bonds is 5. The van der Waals surface area contributed by atoms with Crippen molar-refractivity contribution in [2.75, 3.05) is 13.6 Å². The Kier molecular flexibility index (Phi) is 5.29. The van der Waals surface area contributed by atoms with Gasteiger partial charge in [0.1, 0.15) is 0 Å². The van der Waals surface area contributed by atoms with Gasteiger partial charge in [-0.25, -0.2) is 0 Å². The first-order valence-electron chi connectivity index (χ1n) is 5.29. The molecule has 2 nitrogen and oxygen atoms in total. The number of nitrogens with two attached hydrogens (primary N) is 1. The number of hydrogen-bond acceptors (Lipinski definition) is 2. The van der Waals surface area contributed by atoms with Crippen LogP contribution in [0.1, 0.15) is 18.9 Å². The molecule has 3 heteroatoms. The lowest BCUT2D eigenvalue weighted by Crippen LogP contribution is -2.30. The van der Waals surface area contributed by atoms with E-state index in [0.717, 1.165) is 19.5 Å². The van der Waals surface area contributed by atoms with Crippen LogP contribution in [-0.4, -0.2) is 24.5 Å². The number of halogens is 1. The molecule has 0 heterocycles. The second kappa shape index (κ2) is 6.26. The van der Waals surface area contributed by atoms with E-state index in [1.165, 1.54) is 10.0 Å². The first kappa shape index (κ1) is 12.7. The zero-order chi connectivity index (χ0) is 11.3. The summed E-state index contributed by atoms with van der Waals surface area (Å²) in [6, 6.07) is 8.87. The highest BCUT2D eigenvalue weighted by Crippen LogP contribution is 2.18. The molecule has 1 aromatic carbocycles. The Morgan fingerprint density at radius 1 is 1.40 bits per heavy atom. The van der Waals surface area contributed by atoms with Crippen LogP contribution in [0.2, 0.25) is 0 Å². The van der Waals surface area contributed by atoms with Crippen LogP contribution in [0.3, 0.4) is 0 Å². The lowest BCUT2D eigenvalue weighted by atomic mass is 10.1. The van der Waals surface area contributed by atoms with Gasteiger partial charge in [0.15, 0.2) is 0 Å². The molecule has 0 aromatic heterocycles. The van der Waals surface area contributed by atoms with Crippen molar-refractivity contribution in [3.05, 3.63) is 34.3 Å². The molecule has 15 heavy (non-hydrogen) atoms. The van der Waals surface area contributed by atoms with E-state index in [9.17, 15) is 0 Å². The van der Waals surface area contributed by atoms with Gasteiger partial charge in [-0.2, -0.15) is 0 Å². The average molecular weight is 271 g/mol. The van der Waals surface area contributed by atoms with E-state index in [0.29, 0.717) is 6.04 Å². The number of nitrogens with zero attached hydrogens (tertiary/aromatic N) is 1. The van der Waals surface area contributed by atoms with Crippen molar-refractivity contribution in [2.45, 2.75) is 25.9 Å². The number of hydrogen-bond donors (Lipinski definition) is 1. The minimum absolute atomic E-state index is 0.530. The van der Waals surface area contributed by atoms with E-state index < -0.39 is 0 Å². The average Bonchev–Trinajstić information content (AvgIpc) is 2.21. The molecule has 1 unspecified atom stereocenters. The zero-order valence-electron chi connectivity index (χ0n) is 9.41. The van der Waals surface area contributed by atoms with Crippen LogP contribution in [0.25, 0.3) is 0 Å².